The summed E-state index contributed by atoms with van der Waals surface area (Å²) in [4.78, 5) is 22.4. The van der Waals surface area contributed by atoms with Crippen LogP contribution in [-0.2, 0) is 17.8 Å². The summed E-state index contributed by atoms with van der Waals surface area (Å²) in [5, 5.41) is 0. The molecular weight excluding hydrogens is 394 g/mol. The van der Waals surface area contributed by atoms with Crippen LogP contribution < -0.4 is 0 Å². The number of aryl methyl sites for hydroxylation is 1. The fraction of sp³-hybridized carbons (Fsp3) is 0.571. The molecule has 1 aliphatic carbocycles. The molecule has 2 aromatic rings. The molecule has 32 heavy (non-hydrogen) atoms. The maximum absolute atomic E-state index is 13.3. The summed E-state index contributed by atoms with van der Waals surface area (Å²) in [7, 11) is 0. The summed E-state index contributed by atoms with van der Waals surface area (Å²) in [5.41, 5.74) is 2.44. The molecule has 2 aliphatic rings. The number of nitrogens with zero attached hydrogens (tertiary/aromatic N) is 3. The van der Waals surface area contributed by atoms with E-state index in [4.69, 9.17) is 0 Å². The van der Waals surface area contributed by atoms with Gasteiger partial charge in [-0.2, -0.15) is 0 Å². The third-order valence-electron chi connectivity index (χ3n) is 7.27. The molecule has 0 radical (unpaired) electrons. The third kappa shape index (κ3) is 6.90. The molecule has 0 N–H and O–H groups in total. The minimum absolute atomic E-state index is 0.291. The first-order valence-corrected chi connectivity index (χ1v) is 12.7. The van der Waals surface area contributed by atoms with Crippen molar-refractivity contribution < 1.29 is 4.79 Å². The van der Waals surface area contributed by atoms with E-state index in [2.05, 4.69) is 45.1 Å². The van der Waals surface area contributed by atoms with Crippen LogP contribution in [0.1, 0.15) is 68.9 Å². The Kier molecular flexibility index (Phi) is 8.72. The lowest BCUT2D eigenvalue weighted by atomic mass is 9.90. The monoisotopic (exact) mass is 433 g/mol. The van der Waals surface area contributed by atoms with E-state index in [1.165, 1.54) is 57.1 Å². The van der Waals surface area contributed by atoms with Crippen LogP contribution in [0.3, 0.4) is 0 Å². The van der Waals surface area contributed by atoms with E-state index in [0.717, 1.165) is 37.5 Å². The van der Waals surface area contributed by atoms with Crippen molar-refractivity contribution in [1.82, 2.24) is 14.8 Å². The fourth-order valence-electron chi connectivity index (χ4n) is 5.55. The highest BCUT2D eigenvalue weighted by molar-refractivity contribution is 5.76. The summed E-state index contributed by atoms with van der Waals surface area (Å²) >= 11 is 0. The molecule has 0 unspecified atom stereocenters. The van der Waals surface area contributed by atoms with Crippen LogP contribution in [-0.4, -0.2) is 46.4 Å². The summed E-state index contributed by atoms with van der Waals surface area (Å²) in [6, 6.07) is 15.3. The van der Waals surface area contributed by atoms with E-state index >= 15 is 0 Å². The van der Waals surface area contributed by atoms with Crippen LogP contribution in [0.4, 0.5) is 0 Å². The maximum atomic E-state index is 13.3. The summed E-state index contributed by atoms with van der Waals surface area (Å²) in [5.74, 6) is 0.875. The second kappa shape index (κ2) is 12.2. The molecule has 1 atom stereocenters. The Morgan fingerprint density at radius 1 is 0.969 bits per heavy atom. The number of likely N-dealkylation sites (tertiary alicyclic amines) is 1. The maximum Gasteiger partial charge on any atom is 0.222 e. The first-order valence-electron chi connectivity index (χ1n) is 12.7. The van der Waals surface area contributed by atoms with E-state index in [9.17, 15) is 4.79 Å². The lowest BCUT2D eigenvalue weighted by Gasteiger charge is -2.41. The van der Waals surface area contributed by atoms with Gasteiger partial charge in [-0.25, -0.2) is 0 Å². The quantitative estimate of drug-likeness (QED) is 0.525. The van der Waals surface area contributed by atoms with Gasteiger partial charge >= 0.3 is 0 Å². The molecule has 1 aliphatic heterocycles. The standard InChI is InChI=1S/C28H39N3O/c32-28(17-7-12-24-10-3-1-4-11-24)31(21-25-13-8-18-29-20-25)23-26-14-9-19-30(22-26)27-15-5-2-6-16-27/h1,3-4,8,10-11,13,18,20,26-27H,2,5-7,9,12,14-17,19,21-23H2/t26-/m0/s1. The zero-order chi connectivity index (χ0) is 22.0. The van der Waals surface area contributed by atoms with Crippen LogP contribution >= 0.6 is 0 Å². The van der Waals surface area contributed by atoms with E-state index < -0.39 is 0 Å². The van der Waals surface area contributed by atoms with Crippen LogP contribution in [0.2, 0.25) is 0 Å². The number of hydrogen-bond acceptors (Lipinski definition) is 3. The van der Waals surface area contributed by atoms with E-state index in [1.54, 1.807) is 6.20 Å². The highest BCUT2D eigenvalue weighted by Crippen LogP contribution is 2.28. The van der Waals surface area contributed by atoms with Crippen LogP contribution in [0, 0.1) is 5.92 Å². The van der Waals surface area contributed by atoms with Gasteiger partial charge in [0, 0.05) is 44.5 Å². The molecule has 1 aromatic carbocycles. The molecule has 1 saturated heterocycles. The molecule has 2 heterocycles. The van der Waals surface area contributed by atoms with Gasteiger partial charge < -0.3 is 9.80 Å². The number of piperidine rings is 1. The predicted molar refractivity (Wildman–Crippen MR) is 130 cm³/mol. The smallest absolute Gasteiger partial charge is 0.222 e. The van der Waals surface area contributed by atoms with Crippen molar-refractivity contribution >= 4 is 5.91 Å². The van der Waals surface area contributed by atoms with Crippen molar-refractivity contribution in [2.24, 2.45) is 5.92 Å². The van der Waals surface area contributed by atoms with Gasteiger partial charge in [0.15, 0.2) is 0 Å². The minimum atomic E-state index is 0.291. The highest BCUT2D eigenvalue weighted by atomic mass is 16.2. The molecule has 4 nitrogen and oxygen atoms in total. The van der Waals surface area contributed by atoms with Crippen molar-refractivity contribution in [2.45, 2.75) is 76.8 Å². The zero-order valence-corrected chi connectivity index (χ0v) is 19.5. The van der Waals surface area contributed by atoms with Gasteiger partial charge in [-0.15, -0.1) is 0 Å². The SMILES string of the molecule is O=C(CCCc1ccccc1)N(Cc1cccnc1)C[C@H]1CCCN(C2CCCCC2)C1. The van der Waals surface area contributed by atoms with Gasteiger partial charge in [0.05, 0.1) is 0 Å². The number of carbonyl (C=O) groups excluding carboxylic acids is 1. The number of benzene rings is 1. The number of pyridine rings is 1. The molecule has 172 valence electrons. The second-order valence-electron chi connectivity index (χ2n) is 9.77. The minimum Gasteiger partial charge on any atom is -0.338 e. The lowest BCUT2D eigenvalue weighted by molar-refractivity contribution is -0.133. The number of carbonyl (C=O) groups is 1. The number of hydrogen-bond donors (Lipinski definition) is 0. The Morgan fingerprint density at radius 2 is 1.78 bits per heavy atom. The molecule has 1 saturated carbocycles. The zero-order valence-electron chi connectivity index (χ0n) is 19.5. The van der Waals surface area contributed by atoms with Gasteiger partial charge in [-0.3, -0.25) is 9.78 Å². The lowest BCUT2D eigenvalue weighted by Crippen LogP contribution is -2.47. The third-order valence-corrected chi connectivity index (χ3v) is 7.27. The largest absolute Gasteiger partial charge is 0.338 e. The van der Waals surface area contributed by atoms with Gasteiger partial charge in [0.25, 0.3) is 0 Å². The second-order valence-corrected chi connectivity index (χ2v) is 9.77. The van der Waals surface area contributed by atoms with Crippen LogP contribution in [0.15, 0.2) is 54.9 Å². The van der Waals surface area contributed by atoms with E-state index in [-0.39, 0.29) is 0 Å². The molecular formula is C28H39N3O. The van der Waals surface area contributed by atoms with Crippen molar-refractivity contribution in [2.75, 3.05) is 19.6 Å². The molecule has 0 bridgehead atoms. The Bertz CT molecular complexity index is 804. The summed E-state index contributed by atoms with van der Waals surface area (Å²) in [6.45, 7) is 3.96. The average molecular weight is 434 g/mol. The molecule has 1 aromatic heterocycles. The Balaban J connectivity index is 1.35. The molecule has 1 amide bonds. The number of rotatable bonds is 9. The van der Waals surface area contributed by atoms with Crippen molar-refractivity contribution in [3.8, 4) is 0 Å². The van der Waals surface area contributed by atoms with Crippen LogP contribution in [0.25, 0.3) is 0 Å². The van der Waals surface area contributed by atoms with Crippen LogP contribution in [0.5, 0.6) is 0 Å². The molecule has 2 fully saturated rings. The predicted octanol–water partition coefficient (Wildman–Crippen LogP) is 5.48. The van der Waals surface area contributed by atoms with E-state index in [0.29, 0.717) is 24.8 Å². The fourth-order valence-corrected chi connectivity index (χ4v) is 5.55. The molecule has 0 spiro atoms. The molecule has 4 rings (SSSR count). The number of amides is 1. The first-order chi connectivity index (χ1) is 15.8. The molecule has 4 heteroatoms. The highest BCUT2D eigenvalue weighted by Gasteiger charge is 2.29. The Hall–Kier alpha value is -2.20. The van der Waals surface area contributed by atoms with Gasteiger partial charge in [0.2, 0.25) is 5.91 Å². The normalized spacial score (nSPS) is 20.2. The average Bonchev–Trinajstić information content (AvgIpc) is 2.86. The van der Waals surface area contributed by atoms with Crippen molar-refractivity contribution in [3.63, 3.8) is 0 Å². The van der Waals surface area contributed by atoms with Crippen molar-refractivity contribution in [3.05, 3.63) is 66.0 Å². The first kappa shape index (κ1) is 23.0. The Labute approximate surface area is 194 Å². The number of aromatic nitrogens is 1. The van der Waals surface area contributed by atoms with Gasteiger partial charge in [-0.1, -0.05) is 55.7 Å². The Morgan fingerprint density at radius 3 is 2.56 bits per heavy atom. The van der Waals surface area contributed by atoms with E-state index in [1.807, 2.05) is 18.3 Å². The summed E-state index contributed by atoms with van der Waals surface area (Å²) in [6.07, 6.45) is 15.6. The van der Waals surface area contributed by atoms with Gasteiger partial charge in [-0.05, 0) is 68.2 Å². The summed E-state index contributed by atoms with van der Waals surface area (Å²) < 4.78 is 0. The van der Waals surface area contributed by atoms with Gasteiger partial charge in [0.1, 0.15) is 0 Å². The van der Waals surface area contributed by atoms with Crippen molar-refractivity contribution in [1.29, 1.82) is 0 Å². The topological polar surface area (TPSA) is 36.4 Å².